The minimum Gasteiger partial charge on any atom is -0.373 e. The summed E-state index contributed by atoms with van der Waals surface area (Å²) in [7, 11) is 0. The van der Waals surface area contributed by atoms with E-state index in [4.69, 9.17) is 0 Å². The van der Waals surface area contributed by atoms with Gasteiger partial charge in [-0.25, -0.2) is 0 Å². The zero-order chi connectivity index (χ0) is 13.9. The molecule has 4 heteroatoms. The summed E-state index contributed by atoms with van der Waals surface area (Å²) in [6, 6.07) is 8.61. The van der Waals surface area contributed by atoms with Crippen LogP contribution in [0, 0.1) is 0 Å². The quantitative estimate of drug-likeness (QED) is 0.765. The molecule has 108 valence electrons. The molecule has 2 aliphatic heterocycles. The number of piperidine rings is 2. The van der Waals surface area contributed by atoms with Crippen LogP contribution >= 0.6 is 0 Å². The van der Waals surface area contributed by atoms with Crippen molar-refractivity contribution in [2.45, 2.75) is 43.7 Å². The monoisotopic (exact) mass is 274 g/mol. The van der Waals surface area contributed by atoms with Crippen molar-refractivity contribution in [3.63, 3.8) is 0 Å². The fourth-order valence-electron chi connectivity index (χ4n) is 3.30. The van der Waals surface area contributed by atoms with E-state index in [1.807, 2.05) is 0 Å². The second-order valence-electron chi connectivity index (χ2n) is 5.85. The van der Waals surface area contributed by atoms with Crippen molar-refractivity contribution in [2.75, 3.05) is 13.1 Å². The highest BCUT2D eigenvalue weighted by atomic mass is 16.3. The standard InChI is InChI=1S/C16H22N2O2/c19-15-6-5-14(16(20)18-15)13-3-1-11(2-4-13)12-7-9-17-10-8-12/h1-4,12,14,16-17,20H,5-10H2,(H,18,19). The second-order valence-corrected chi connectivity index (χ2v) is 5.85. The molecule has 2 heterocycles. The fraction of sp³-hybridized carbons (Fsp3) is 0.562. The van der Waals surface area contributed by atoms with Crippen LogP contribution in [0.5, 0.6) is 0 Å². The molecule has 2 atom stereocenters. The molecular weight excluding hydrogens is 252 g/mol. The third-order valence-electron chi connectivity index (χ3n) is 4.55. The van der Waals surface area contributed by atoms with E-state index in [0.717, 1.165) is 25.1 Å². The molecule has 2 fully saturated rings. The van der Waals surface area contributed by atoms with Crippen molar-refractivity contribution < 1.29 is 9.90 Å². The lowest BCUT2D eigenvalue weighted by Crippen LogP contribution is -2.43. The van der Waals surface area contributed by atoms with E-state index in [9.17, 15) is 9.90 Å². The summed E-state index contributed by atoms with van der Waals surface area (Å²) in [6.45, 7) is 2.19. The van der Waals surface area contributed by atoms with Crippen molar-refractivity contribution in [1.82, 2.24) is 10.6 Å². The topological polar surface area (TPSA) is 61.4 Å². The number of carbonyl (C=O) groups excluding carboxylic acids is 1. The molecule has 0 bridgehead atoms. The summed E-state index contributed by atoms with van der Waals surface area (Å²) in [4.78, 5) is 11.2. The molecule has 0 aromatic heterocycles. The summed E-state index contributed by atoms with van der Waals surface area (Å²) >= 11 is 0. The number of hydrogen-bond donors (Lipinski definition) is 3. The van der Waals surface area contributed by atoms with Crippen LogP contribution < -0.4 is 10.6 Å². The van der Waals surface area contributed by atoms with E-state index in [0.29, 0.717) is 12.3 Å². The number of hydrogen-bond acceptors (Lipinski definition) is 3. The summed E-state index contributed by atoms with van der Waals surface area (Å²) in [5, 5.41) is 16.0. The van der Waals surface area contributed by atoms with Crippen LogP contribution in [-0.4, -0.2) is 30.3 Å². The first-order valence-electron chi connectivity index (χ1n) is 7.52. The Morgan fingerprint density at radius 1 is 1.00 bits per heavy atom. The van der Waals surface area contributed by atoms with Gasteiger partial charge in [-0.1, -0.05) is 24.3 Å². The summed E-state index contributed by atoms with van der Waals surface area (Å²) in [5.41, 5.74) is 2.51. The summed E-state index contributed by atoms with van der Waals surface area (Å²) in [6.07, 6.45) is 2.86. The van der Waals surface area contributed by atoms with Crippen LogP contribution in [0.3, 0.4) is 0 Å². The first kappa shape index (κ1) is 13.6. The maximum absolute atomic E-state index is 11.2. The van der Waals surface area contributed by atoms with Crippen LogP contribution in [0.2, 0.25) is 0 Å². The molecule has 2 unspecified atom stereocenters. The van der Waals surface area contributed by atoms with Crippen molar-refractivity contribution in [3.8, 4) is 0 Å². The predicted molar refractivity (Wildman–Crippen MR) is 77.4 cm³/mol. The van der Waals surface area contributed by atoms with E-state index in [-0.39, 0.29) is 11.8 Å². The highest BCUT2D eigenvalue weighted by Crippen LogP contribution is 2.30. The number of nitrogens with one attached hydrogen (secondary N) is 2. The molecule has 3 N–H and O–H groups in total. The summed E-state index contributed by atoms with van der Waals surface area (Å²) in [5.74, 6) is 0.621. The maximum Gasteiger partial charge on any atom is 0.222 e. The Morgan fingerprint density at radius 2 is 1.65 bits per heavy atom. The van der Waals surface area contributed by atoms with Gasteiger partial charge in [0.2, 0.25) is 5.91 Å². The molecular formula is C16H22N2O2. The lowest BCUT2D eigenvalue weighted by atomic mass is 9.86. The maximum atomic E-state index is 11.2. The van der Waals surface area contributed by atoms with Gasteiger partial charge in [-0.2, -0.15) is 0 Å². The molecule has 1 amide bonds. The third-order valence-corrected chi connectivity index (χ3v) is 4.55. The van der Waals surface area contributed by atoms with Crippen LogP contribution in [-0.2, 0) is 4.79 Å². The van der Waals surface area contributed by atoms with Gasteiger partial charge in [0.1, 0.15) is 6.23 Å². The van der Waals surface area contributed by atoms with Crippen LogP contribution in [0.25, 0.3) is 0 Å². The molecule has 4 nitrogen and oxygen atoms in total. The number of rotatable bonds is 2. The number of amides is 1. The Bertz CT molecular complexity index is 466. The zero-order valence-electron chi connectivity index (χ0n) is 11.6. The largest absolute Gasteiger partial charge is 0.373 e. The minimum absolute atomic E-state index is 0.0229. The number of carbonyl (C=O) groups is 1. The smallest absolute Gasteiger partial charge is 0.222 e. The van der Waals surface area contributed by atoms with Gasteiger partial charge >= 0.3 is 0 Å². The Balaban J connectivity index is 1.70. The molecule has 20 heavy (non-hydrogen) atoms. The van der Waals surface area contributed by atoms with E-state index in [1.165, 1.54) is 18.4 Å². The SMILES string of the molecule is O=C1CCC(c2ccc(C3CCNCC3)cc2)C(O)N1. The molecule has 2 saturated heterocycles. The van der Waals surface area contributed by atoms with Crippen LogP contribution in [0.1, 0.15) is 48.6 Å². The van der Waals surface area contributed by atoms with Gasteiger partial charge in [0.05, 0.1) is 0 Å². The molecule has 0 spiro atoms. The molecule has 3 rings (SSSR count). The van der Waals surface area contributed by atoms with Crippen LogP contribution in [0.15, 0.2) is 24.3 Å². The highest BCUT2D eigenvalue weighted by Gasteiger charge is 2.28. The third kappa shape index (κ3) is 2.86. The van der Waals surface area contributed by atoms with E-state index < -0.39 is 6.23 Å². The van der Waals surface area contributed by atoms with E-state index in [2.05, 4.69) is 34.9 Å². The van der Waals surface area contributed by atoms with Gasteiger partial charge in [0.25, 0.3) is 0 Å². The van der Waals surface area contributed by atoms with Gasteiger partial charge in [-0.05, 0) is 49.4 Å². The number of benzene rings is 1. The minimum atomic E-state index is -0.749. The van der Waals surface area contributed by atoms with Crippen molar-refractivity contribution >= 4 is 5.91 Å². The van der Waals surface area contributed by atoms with Gasteiger partial charge in [-0.3, -0.25) is 4.79 Å². The molecule has 1 aromatic rings. The summed E-state index contributed by atoms with van der Waals surface area (Å²) < 4.78 is 0. The highest BCUT2D eigenvalue weighted by molar-refractivity contribution is 5.77. The first-order chi connectivity index (χ1) is 9.74. The average molecular weight is 274 g/mol. The number of aliphatic hydroxyl groups excluding tert-OH is 1. The van der Waals surface area contributed by atoms with Crippen molar-refractivity contribution in [2.24, 2.45) is 0 Å². The first-order valence-corrected chi connectivity index (χ1v) is 7.52. The Morgan fingerprint density at radius 3 is 2.30 bits per heavy atom. The Labute approximate surface area is 119 Å². The molecule has 2 aliphatic rings. The van der Waals surface area contributed by atoms with E-state index >= 15 is 0 Å². The molecule has 0 aliphatic carbocycles. The lowest BCUT2D eigenvalue weighted by molar-refractivity contribution is -0.127. The zero-order valence-corrected chi connectivity index (χ0v) is 11.6. The van der Waals surface area contributed by atoms with Gasteiger partial charge in [0, 0.05) is 12.3 Å². The van der Waals surface area contributed by atoms with Crippen molar-refractivity contribution in [3.05, 3.63) is 35.4 Å². The Hall–Kier alpha value is -1.39. The molecule has 1 aromatic carbocycles. The average Bonchev–Trinajstić information content (AvgIpc) is 2.48. The normalized spacial score (nSPS) is 28.1. The van der Waals surface area contributed by atoms with Gasteiger partial charge in [0.15, 0.2) is 0 Å². The van der Waals surface area contributed by atoms with Crippen molar-refractivity contribution in [1.29, 1.82) is 0 Å². The van der Waals surface area contributed by atoms with Crippen LogP contribution in [0.4, 0.5) is 0 Å². The Kier molecular flexibility index (Phi) is 4.03. The number of aliphatic hydroxyl groups is 1. The van der Waals surface area contributed by atoms with Gasteiger partial charge in [-0.15, -0.1) is 0 Å². The molecule has 0 saturated carbocycles. The molecule has 0 radical (unpaired) electrons. The van der Waals surface area contributed by atoms with E-state index in [1.54, 1.807) is 0 Å². The lowest BCUT2D eigenvalue weighted by Gasteiger charge is -2.29. The van der Waals surface area contributed by atoms with Gasteiger partial charge < -0.3 is 15.7 Å². The second kappa shape index (κ2) is 5.94. The fourth-order valence-corrected chi connectivity index (χ4v) is 3.30. The predicted octanol–water partition coefficient (Wildman–Crippen LogP) is 1.47.